The lowest BCUT2D eigenvalue weighted by molar-refractivity contribution is 0.197. The Morgan fingerprint density at radius 1 is 1.23 bits per heavy atom. The van der Waals surface area contributed by atoms with Gasteiger partial charge < -0.3 is 9.32 Å². The minimum absolute atomic E-state index is 0.435. The number of rotatable bonds is 4. The summed E-state index contributed by atoms with van der Waals surface area (Å²) in [5.74, 6) is 1.35. The van der Waals surface area contributed by atoms with Crippen molar-refractivity contribution in [3.63, 3.8) is 0 Å². The molecule has 1 saturated heterocycles. The maximum atomic E-state index is 5.97. The van der Waals surface area contributed by atoms with Gasteiger partial charge in [0.25, 0.3) is 0 Å². The Morgan fingerprint density at radius 2 is 2.18 bits per heavy atom. The van der Waals surface area contributed by atoms with Crippen LogP contribution in [0.3, 0.4) is 0 Å². The van der Waals surface area contributed by atoms with Crippen molar-refractivity contribution in [2.45, 2.75) is 25.2 Å². The zero-order chi connectivity index (χ0) is 14.8. The number of fused-ring (bicyclic) bond motifs is 1. The van der Waals surface area contributed by atoms with Gasteiger partial charge in [0.15, 0.2) is 11.5 Å². The maximum Gasteiger partial charge on any atom is 0.199 e. The summed E-state index contributed by atoms with van der Waals surface area (Å²) < 4.78 is 5.97. The van der Waals surface area contributed by atoms with Gasteiger partial charge in [-0.3, -0.25) is 0 Å². The smallest absolute Gasteiger partial charge is 0.199 e. The molecule has 0 spiro atoms. The molecule has 22 heavy (non-hydrogen) atoms. The van der Waals surface area contributed by atoms with E-state index in [1.54, 1.807) is 0 Å². The molecule has 4 heteroatoms. The lowest BCUT2D eigenvalue weighted by Crippen LogP contribution is -2.35. The van der Waals surface area contributed by atoms with Gasteiger partial charge in [-0.05, 0) is 49.4 Å². The summed E-state index contributed by atoms with van der Waals surface area (Å²) in [5, 5.41) is 2.16. The second kappa shape index (κ2) is 6.23. The molecule has 1 atom stereocenters. The van der Waals surface area contributed by atoms with E-state index in [1.807, 2.05) is 35.6 Å². The molecule has 1 aliphatic heterocycles. The molecule has 0 amide bonds. The van der Waals surface area contributed by atoms with E-state index in [2.05, 4.69) is 27.4 Å². The number of likely N-dealkylation sites (tertiary alicyclic amines) is 1. The molecular weight excluding hydrogens is 292 g/mol. The predicted molar refractivity (Wildman–Crippen MR) is 90.4 cm³/mol. The van der Waals surface area contributed by atoms with Crippen LogP contribution in [-0.4, -0.2) is 29.5 Å². The number of hydrogen-bond donors (Lipinski definition) is 0. The van der Waals surface area contributed by atoms with Crippen molar-refractivity contribution < 1.29 is 4.42 Å². The molecule has 0 bridgehead atoms. The largest absolute Gasteiger partial charge is 0.440 e. The summed E-state index contributed by atoms with van der Waals surface area (Å²) in [4.78, 5) is 8.72. The van der Waals surface area contributed by atoms with Crippen LogP contribution in [0.15, 0.2) is 46.2 Å². The van der Waals surface area contributed by atoms with E-state index >= 15 is 0 Å². The Morgan fingerprint density at radius 3 is 3.05 bits per heavy atom. The van der Waals surface area contributed by atoms with Crippen LogP contribution in [0.4, 0.5) is 0 Å². The van der Waals surface area contributed by atoms with Gasteiger partial charge >= 0.3 is 0 Å². The number of nitrogens with zero attached hydrogens (tertiary/aromatic N) is 2. The molecule has 0 radical (unpaired) electrons. The van der Waals surface area contributed by atoms with Gasteiger partial charge in [-0.25, -0.2) is 4.98 Å². The van der Waals surface area contributed by atoms with Gasteiger partial charge in [0, 0.05) is 23.9 Å². The van der Waals surface area contributed by atoms with Gasteiger partial charge in [0.05, 0.1) is 0 Å². The minimum Gasteiger partial charge on any atom is -0.440 e. The van der Waals surface area contributed by atoms with Crippen LogP contribution in [0.2, 0.25) is 0 Å². The van der Waals surface area contributed by atoms with E-state index in [-0.39, 0.29) is 0 Å². The van der Waals surface area contributed by atoms with Crippen LogP contribution in [0.5, 0.6) is 0 Å². The molecular formula is C18H20N2OS. The summed E-state index contributed by atoms with van der Waals surface area (Å²) in [5.41, 5.74) is 1.89. The van der Waals surface area contributed by atoms with Crippen molar-refractivity contribution >= 4 is 22.4 Å². The number of thiophene rings is 1. The highest BCUT2D eigenvalue weighted by molar-refractivity contribution is 7.09. The van der Waals surface area contributed by atoms with Crippen molar-refractivity contribution in [2.75, 3.05) is 19.6 Å². The zero-order valence-corrected chi connectivity index (χ0v) is 13.4. The molecule has 0 N–H and O–H groups in total. The fraction of sp³-hybridized carbons (Fsp3) is 0.389. The van der Waals surface area contributed by atoms with Crippen molar-refractivity contribution in [3.8, 4) is 0 Å². The van der Waals surface area contributed by atoms with Gasteiger partial charge in [-0.15, -0.1) is 11.3 Å². The Kier molecular flexibility index (Phi) is 3.95. The Hall–Kier alpha value is -1.65. The number of benzene rings is 1. The summed E-state index contributed by atoms with van der Waals surface area (Å²) in [6.07, 6.45) is 3.56. The Bertz CT molecular complexity index is 701. The molecule has 4 rings (SSSR count). The third-order valence-corrected chi connectivity index (χ3v) is 5.36. The highest BCUT2D eigenvalue weighted by atomic mass is 32.1. The number of hydrogen-bond acceptors (Lipinski definition) is 4. The molecule has 1 aromatic carbocycles. The molecule has 3 nitrogen and oxygen atoms in total. The highest BCUT2D eigenvalue weighted by Crippen LogP contribution is 2.29. The van der Waals surface area contributed by atoms with E-state index in [0.717, 1.165) is 36.5 Å². The first kappa shape index (κ1) is 14.0. The van der Waals surface area contributed by atoms with Crippen LogP contribution < -0.4 is 0 Å². The molecule has 0 unspecified atom stereocenters. The van der Waals surface area contributed by atoms with Crippen LogP contribution in [0.1, 0.15) is 29.5 Å². The molecule has 1 aliphatic rings. The van der Waals surface area contributed by atoms with E-state index in [9.17, 15) is 0 Å². The van der Waals surface area contributed by atoms with E-state index < -0.39 is 0 Å². The second-order valence-corrected chi connectivity index (χ2v) is 7.02. The van der Waals surface area contributed by atoms with Gasteiger partial charge in [-0.2, -0.15) is 0 Å². The fourth-order valence-electron chi connectivity index (χ4n) is 3.25. The second-order valence-electron chi connectivity index (χ2n) is 5.99. The van der Waals surface area contributed by atoms with Crippen molar-refractivity contribution in [2.24, 2.45) is 0 Å². The van der Waals surface area contributed by atoms with E-state index in [4.69, 9.17) is 4.42 Å². The zero-order valence-electron chi connectivity index (χ0n) is 12.6. The first-order valence-electron chi connectivity index (χ1n) is 7.99. The number of aromatic nitrogens is 1. The van der Waals surface area contributed by atoms with Crippen LogP contribution in [0.25, 0.3) is 11.1 Å². The van der Waals surface area contributed by atoms with Gasteiger partial charge in [0.1, 0.15) is 5.52 Å². The topological polar surface area (TPSA) is 29.3 Å². The van der Waals surface area contributed by atoms with Crippen LogP contribution >= 0.6 is 11.3 Å². The average Bonchev–Trinajstić information content (AvgIpc) is 3.22. The average molecular weight is 312 g/mol. The molecule has 0 saturated carbocycles. The normalized spacial score (nSPS) is 19.7. The fourth-order valence-corrected chi connectivity index (χ4v) is 3.95. The maximum absolute atomic E-state index is 5.97. The van der Waals surface area contributed by atoms with Crippen LogP contribution in [-0.2, 0) is 6.42 Å². The summed E-state index contributed by atoms with van der Waals surface area (Å²) in [7, 11) is 0. The monoisotopic (exact) mass is 312 g/mol. The summed E-state index contributed by atoms with van der Waals surface area (Å²) in [6, 6.07) is 12.4. The van der Waals surface area contributed by atoms with Gasteiger partial charge in [-0.1, -0.05) is 18.2 Å². The molecule has 3 heterocycles. The Labute approximate surface area is 134 Å². The molecule has 3 aromatic rings. The van der Waals surface area contributed by atoms with E-state index in [0.29, 0.717) is 5.92 Å². The number of oxazole rings is 1. The van der Waals surface area contributed by atoms with Gasteiger partial charge in [0.2, 0.25) is 0 Å². The summed E-state index contributed by atoms with van der Waals surface area (Å²) in [6.45, 7) is 3.40. The third kappa shape index (κ3) is 2.94. The highest BCUT2D eigenvalue weighted by Gasteiger charge is 2.25. The SMILES string of the molecule is c1csc(CCN2CCC[C@@H](c3nc4ccccc4o3)C2)c1. The quantitative estimate of drug-likeness (QED) is 0.719. The minimum atomic E-state index is 0.435. The first-order valence-corrected chi connectivity index (χ1v) is 8.87. The van der Waals surface area contributed by atoms with Crippen molar-refractivity contribution in [1.29, 1.82) is 0 Å². The van der Waals surface area contributed by atoms with Crippen LogP contribution in [0, 0.1) is 0 Å². The lowest BCUT2D eigenvalue weighted by atomic mass is 9.98. The standard InChI is InChI=1S/C18H20N2OS/c1-2-8-17-16(7-1)19-18(21-17)14-5-3-10-20(13-14)11-9-15-6-4-12-22-15/h1-2,4,6-8,12,14H,3,5,9-11,13H2/t14-/m1/s1. The third-order valence-electron chi connectivity index (χ3n) is 4.42. The molecule has 0 aliphatic carbocycles. The molecule has 114 valence electrons. The molecule has 2 aromatic heterocycles. The summed E-state index contributed by atoms with van der Waals surface area (Å²) >= 11 is 1.85. The van der Waals surface area contributed by atoms with Crippen molar-refractivity contribution in [3.05, 3.63) is 52.5 Å². The lowest BCUT2D eigenvalue weighted by Gasteiger charge is -2.31. The number of piperidine rings is 1. The predicted octanol–water partition coefficient (Wildman–Crippen LogP) is 4.31. The molecule has 1 fully saturated rings. The number of para-hydroxylation sites is 2. The van der Waals surface area contributed by atoms with E-state index in [1.165, 1.54) is 24.3 Å². The first-order chi connectivity index (χ1) is 10.9. The van der Waals surface area contributed by atoms with Crippen molar-refractivity contribution in [1.82, 2.24) is 9.88 Å². The Balaban J connectivity index is 1.43.